The monoisotopic (exact) mass is 508 g/mol. The summed E-state index contributed by atoms with van der Waals surface area (Å²) in [6, 6.07) is 5.53. The zero-order valence-electron chi connectivity index (χ0n) is 23.9. The Bertz CT molecular complexity index is 1200. The Morgan fingerprint density at radius 1 is 0.811 bits per heavy atom. The fourth-order valence-electron chi connectivity index (χ4n) is 3.67. The molecule has 2 rings (SSSR count). The normalized spacial score (nSPS) is 12.0. The van der Waals surface area contributed by atoms with E-state index in [1.165, 1.54) is 22.3 Å². The zero-order valence-corrected chi connectivity index (χ0v) is 23.9. The van der Waals surface area contributed by atoms with Crippen molar-refractivity contribution in [2.24, 2.45) is 0 Å². The molecule has 0 aliphatic carbocycles. The lowest BCUT2D eigenvalue weighted by molar-refractivity contribution is 0.216. The predicted octanol–water partition coefficient (Wildman–Crippen LogP) is 8.72. The molecular formula is C32H44O5. The largest absolute Gasteiger partial charge is 0.486 e. The highest BCUT2D eigenvalue weighted by Crippen LogP contribution is 2.37. The van der Waals surface area contributed by atoms with Crippen molar-refractivity contribution < 1.29 is 18.6 Å². The highest BCUT2D eigenvalue weighted by molar-refractivity contribution is 5.89. The summed E-state index contributed by atoms with van der Waals surface area (Å²) in [5.74, 6) is 0.967. The van der Waals surface area contributed by atoms with E-state index in [9.17, 15) is 4.79 Å². The fraction of sp³-hybridized carbons (Fsp3) is 0.469. The van der Waals surface area contributed by atoms with Gasteiger partial charge in [-0.15, -0.1) is 0 Å². The Morgan fingerprint density at radius 3 is 1.92 bits per heavy atom. The summed E-state index contributed by atoms with van der Waals surface area (Å²) in [6.07, 6.45) is 12.3. The van der Waals surface area contributed by atoms with Crippen LogP contribution in [-0.4, -0.2) is 19.3 Å². The van der Waals surface area contributed by atoms with Gasteiger partial charge in [-0.1, -0.05) is 40.5 Å². The van der Waals surface area contributed by atoms with Gasteiger partial charge < -0.3 is 18.6 Å². The van der Waals surface area contributed by atoms with Crippen LogP contribution in [-0.2, 0) is 0 Å². The quantitative estimate of drug-likeness (QED) is 0.189. The van der Waals surface area contributed by atoms with E-state index in [1.54, 1.807) is 6.07 Å². The molecule has 0 unspecified atom stereocenters. The molecule has 0 N–H and O–H groups in total. The van der Waals surface area contributed by atoms with E-state index >= 15 is 0 Å². The van der Waals surface area contributed by atoms with Gasteiger partial charge in [-0.3, -0.25) is 0 Å². The minimum atomic E-state index is -0.579. The van der Waals surface area contributed by atoms with E-state index in [-0.39, 0.29) is 11.9 Å². The van der Waals surface area contributed by atoms with Crippen molar-refractivity contribution in [1.82, 2.24) is 0 Å². The molecule has 37 heavy (non-hydrogen) atoms. The van der Waals surface area contributed by atoms with E-state index in [0.29, 0.717) is 35.7 Å². The SMILES string of the molecule is CC(C)=CCC/C(C)=C/COc1c(OC(C)C)c(=O)oc2c(OC/C=C(\C)CCC=C(C)C)cccc12. The van der Waals surface area contributed by atoms with Gasteiger partial charge in [-0.25, -0.2) is 4.79 Å². The van der Waals surface area contributed by atoms with Crippen LogP contribution in [0, 0.1) is 0 Å². The van der Waals surface area contributed by atoms with E-state index in [2.05, 4.69) is 59.8 Å². The van der Waals surface area contributed by atoms with E-state index in [1.807, 2.05) is 32.1 Å². The lowest BCUT2D eigenvalue weighted by Crippen LogP contribution is -2.15. The van der Waals surface area contributed by atoms with Gasteiger partial charge >= 0.3 is 5.63 Å². The molecule has 5 nitrogen and oxygen atoms in total. The summed E-state index contributed by atoms with van der Waals surface area (Å²) in [4.78, 5) is 12.9. The first-order chi connectivity index (χ1) is 17.6. The highest BCUT2D eigenvalue weighted by Gasteiger charge is 2.21. The molecule has 0 fully saturated rings. The second-order valence-electron chi connectivity index (χ2n) is 10.2. The molecular weight excluding hydrogens is 464 g/mol. The van der Waals surface area contributed by atoms with Crippen molar-refractivity contribution in [3.05, 3.63) is 75.2 Å². The zero-order chi connectivity index (χ0) is 27.4. The number of benzene rings is 1. The molecule has 1 aromatic heterocycles. The maximum Gasteiger partial charge on any atom is 0.383 e. The molecule has 1 aromatic carbocycles. The van der Waals surface area contributed by atoms with Crippen LogP contribution in [0.3, 0.4) is 0 Å². The summed E-state index contributed by atoms with van der Waals surface area (Å²) in [7, 11) is 0. The third-order valence-corrected chi connectivity index (χ3v) is 5.68. The average molecular weight is 509 g/mol. The van der Waals surface area contributed by atoms with Crippen molar-refractivity contribution in [3.63, 3.8) is 0 Å². The lowest BCUT2D eigenvalue weighted by atomic mass is 10.1. The standard InChI is InChI=1S/C32H44O5/c1-22(2)12-9-14-25(7)18-20-34-28-17-11-16-27-29(28)37-32(33)31(36-24(5)6)30(27)35-21-19-26(8)15-10-13-23(3)4/h11-13,16-19,24H,9-10,14-15,20-21H2,1-8H3/b25-18+,26-19+. The number of rotatable bonds is 14. The molecule has 0 atom stereocenters. The van der Waals surface area contributed by atoms with E-state index in [4.69, 9.17) is 18.6 Å². The van der Waals surface area contributed by atoms with Crippen molar-refractivity contribution in [2.45, 2.75) is 87.2 Å². The van der Waals surface area contributed by atoms with E-state index in [0.717, 1.165) is 25.7 Å². The van der Waals surface area contributed by atoms with Crippen LogP contribution in [0.2, 0.25) is 0 Å². The van der Waals surface area contributed by atoms with E-state index < -0.39 is 5.63 Å². The smallest absolute Gasteiger partial charge is 0.383 e. The van der Waals surface area contributed by atoms with Crippen LogP contribution >= 0.6 is 0 Å². The second-order valence-corrected chi connectivity index (χ2v) is 10.2. The Morgan fingerprint density at radius 2 is 1.38 bits per heavy atom. The van der Waals surface area contributed by atoms with Crippen LogP contribution in [0.25, 0.3) is 11.0 Å². The van der Waals surface area contributed by atoms with Gasteiger partial charge in [-0.2, -0.15) is 0 Å². The second kappa shape index (κ2) is 15.1. The van der Waals surface area contributed by atoms with Gasteiger partial charge in [0.15, 0.2) is 17.1 Å². The number of fused-ring (bicyclic) bond motifs is 1. The Hall–Kier alpha value is -3.21. The van der Waals surface area contributed by atoms with Gasteiger partial charge in [0.25, 0.3) is 0 Å². The van der Waals surface area contributed by atoms with Crippen molar-refractivity contribution in [2.75, 3.05) is 13.2 Å². The minimum absolute atomic E-state index is 0.0882. The first-order valence-electron chi connectivity index (χ1n) is 13.2. The highest BCUT2D eigenvalue weighted by atomic mass is 16.5. The average Bonchev–Trinajstić information content (AvgIpc) is 2.80. The van der Waals surface area contributed by atoms with Crippen LogP contribution in [0.1, 0.15) is 81.1 Å². The summed E-state index contributed by atoms with van der Waals surface area (Å²) < 4.78 is 23.7. The third kappa shape index (κ3) is 10.4. The molecule has 2 aromatic rings. The summed E-state index contributed by atoms with van der Waals surface area (Å²) in [5.41, 5.74) is 4.90. The van der Waals surface area contributed by atoms with Crippen molar-refractivity contribution >= 4 is 11.0 Å². The summed E-state index contributed by atoms with van der Waals surface area (Å²) in [5, 5.41) is 0.646. The molecule has 1 heterocycles. The molecule has 0 saturated carbocycles. The molecule has 0 aliphatic heterocycles. The lowest BCUT2D eigenvalue weighted by Gasteiger charge is -2.16. The Labute approximate surface area is 222 Å². The van der Waals surface area contributed by atoms with Gasteiger partial charge in [0, 0.05) is 0 Å². The van der Waals surface area contributed by atoms with Crippen LogP contribution in [0.4, 0.5) is 0 Å². The molecule has 5 heteroatoms. The first kappa shape index (κ1) is 30.0. The molecule has 0 bridgehead atoms. The van der Waals surface area contributed by atoms with Gasteiger partial charge in [0.05, 0.1) is 11.5 Å². The number of ether oxygens (including phenoxy) is 3. The van der Waals surface area contributed by atoms with Crippen LogP contribution in [0.5, 0.6) is 17.2 Å². The molecule has 0 amide bonds. The molecule has 0 spiro atoms. The molecule has 0 radical (unpaired) electrons. The van der Waals surface area contributed by atoms with Gasteiger partial charge in [0.1, 0.15) is 13.2 Å². The molecule has 202 valence electrons. The summed E-state index contributed by atoms with van der Waals surface area (Å²) >= 11 is 0. The Balaban J connectivity index is 2.29. The molecule has 0 saturated heterocycles. The maximum atomic E-state index is 12.9. The van der Waals surface area contributed by atoms with Crippen molar-refractivity contribution in [1.29, 1.82) is 0 Å². The van der Waals surface area contributed by atoms with Crippen LogP contribution in [0.15, 0.2) is 74.0 Å². The maximum absolute atomic E-state index is 12.9. The Kier molecular flexibility index (Phi) is 12.3. The minimum Gasteiger partial charge on any atom is -0.486 e. The number of hydrogen-bond donors (Lipinski definition) is 0. The van der Waals surface area contributed by atoms with Crippen LogP contribution < -0.4 is 19.8 Å². The number of allylic oxidation sites excluding steroid dienone is 6. The van der Waals surface area contributed by atoms with Crippen molar-refractivity contribution in [3.8, 4) is 17.2 Å². The van der Waals surface area contributed by atoms with Gasteiger partial charge in [0.2, 0.25) is 5.75 Å². The topological polar surface area (TPSA) is 57.9 Å². The summed E-state index contributed by atoms with van der Waals surface area (Å²) in [6.45, 7) is 17.1. The fourth-order valence-corrected chi connectivity index (χ4v) is 3.67. The predicted molar refractivity (Wildman–Crippen MR) is 154 cm³/mol. The number of hydrogen-bond acceptors (Lipinski definition) is 5. The van der Waals surface area contributed by atoms with Gasteiger partial charge in [-0.05, 0) is 105 Å². The molecule has 0 aliphatic rings. The number of para-hydroxylation sites is 1. The first-order valence-corrected chi connectivity index (χ1v) is 13.2. The third-order valence-electron chi connectivity index (χ3n) is 5.68.